The van der Waals surface area contributed by atoms with Gasteiger partial charge in [0.2, 0.25) is 0 Å². The van der Waals surface area contributed by atoms with Gasteiger partial charge in [-0.25, -0.2) is 9.59 Å². The fourth-order valence-corrected chi connectivity index (χ4v) is 2.05. The molecule has 1 saturated carbocycles. The summed E-state index contributed by atoms with van der Waals surface area (Å²) in [4.78, 5) is 24.0. The number of ether oxygens (including phenoxy) is 2. The average Bonchev–Trinajstić information content (AvgIpc) is 2.30. The first kappa shape index (κ1) is 15.4. The van der Waals surface area contributed by atoms with Crippen molar-refractivity contribution in [3.8, 4) is 0 Å². The molecule has 22 heavy (non-hydrogen) atoms. The summed E-state index contributed by atoms with van der Waals surface area (Å²) in [5.74, 6) is 0. The Morgan fingerprint density at radius 1 is 0.864 bits per heavy atom. The van der Waals surface area contributed by atoms with Gasteiger partial charge < -0.3 is 20.1 Å². The molecular weight excluding hydrogens is 284 g/mol. The van der Waals surface area contributed by atoms with Crippen LogP contribution in [0.5, 0.6) is 0 Å². The maximum atomic E-state index is 12.0. The predicted molar refractivity (Wildman–Crippen MR) is 84.8 cm³/mol. The second kappa shape index (κ2) is 7.20. The van der Waals surface area contributed by atoms with Crippen LogP contribution >= 0.6 is 0 Å². The van der Waals surface area contributed by atoms with Crippen LogP contribution in [0.3, 0.4) is 0 Å². The second-order valence-electron chi connectivity index (χ2n) is 7.45. The second-order valence-corrected chi connectivity index (χ2v) is 7.45. The van der Waals surface area contributed by atoms with Crippen LogP contribution in [0.15, 0.2) is 0 Å². The third-order valence-corrected chi connectivity index (χ3v) is 2.84. The third-order valence-electron chi connectivity index (χ3n) is 2.84. The minimum atomic E-state index is -0.634. The third kappa shape index (κ3) is 7.52. The minimum absolute atomic E-state index is 0.272. The molecule has 0 radical (unpaired) electrons. The molecule has 1 rings (SSSR count). The molecule has 0 spiro atoms. The highest BCUT2D eigenvalue weighted by Crippen LogP contribution is 2.20. The zero-order valence-electron chi connectivity index (χ0n) is 16.4. The number of rotatable bonds is 2. The van der Waals surface area contributed by atoms with Gasteiger partial charge in [-0.15, -0.1) is 0 Å². The van der Waals surface area contributed by atoms with Gasteiger partial charge in [0.15, 0.2) is 0 Å². The molecule has 0 saturated heterocycles. The normalized spacial score (nSPS) is 30.6. The largest absolute Gasteiger partial charge is 0.444 e. The Bertz CT molecular complexity index is 418. The zero-order chi connectivity index (χ0) is 18.7. The summed E-state index contributed by atoms with van der Waals surface area (Å²) in [5.41, 5.74) is -1.27. The van der Waals surface area contributed by atoms with Crippen molar-refractivity contribution in [1.29, 1.82) is 0 Å². The summed E-state index contributed by atoms with van der Waals surface area (Å²) in [6.07, 6.45) is -1.90. The van der Waals surface area contributed by atoms with Gasteiger partial charge in [0, 0.05) is 2.74 Å². The molecule has 0 aromatic carbocycles. The first-order valence-electron chi connectivity index (χ1n) is 8.76. The van der Waals surface area contributed by atoms with Crippen LogP contribution in [0, 0.1) is 0 Å². The molecule has 0 aliphatic heterocycles. The number of carbonyl (C=O) groups excluding carboxylic acids is 2. The van der Waals surface area contributed by atoms with Crippen molar-refractivity contribution in [2.45, 2.75) is 90.5 Å². The van der Waals surface area contributed by atoms with E-state index in [9.17, 15) is 9.59 Å². The van der Waals surface area contributed by atoms with Gasteiger partial charge in [-0.3, -0.25) is 0 Å². The Balaban J connectivity index is 2.73. The topological polar surface area (TPSA) is 76.7 Å². The van der Waals surface area contributed by atoms with Crippen LogP contribution in [0.2, 0.25) is 0 Å². The number of alkyl carbamates (subject to hydrolysis) is 2. The molecule has 0 aromatic heterocycles. The summed E-state index contributed by atoms with van der Waals surface area (Å²) >= 11 is 0. The Morgan fingerprint density at radius 3 is 1.45 bits per heavy atom. The standard InChI is InChI=1S/C16H30N2O4/c1-15(2,3)21-13(19)17-11-9-7-8-10-12(11)18-14(20)22-16(4,5)6/h11-12H,7-10H2,1-6H3,(H,17,19)(H,18,20)/t11-,12-/m1/s1/i7T,8T/t7?,8?,11-,12-. The lowest BCUT2D eigenvalue weighted by Gasteiger charge is -2.33. The lowest BCUT2D eigenvalue weighted by atomic mass is 9.90. The monoisotopic (exact) mass is 318 g/mol. The van der Waals surface area contributed by atoms with Crippen molar-refractivity contribution < 1.29 is 21.8 Å². The van der Waals surface area contributed by atoms with Crippen molar-refractivity contribution in [1.82, 2.24) is 10.6 Å². The first-order chi connectivity index (χ1) is 10.8. The molecule has 0 aromatic rings. The fraction of sp³-hybridized carbons (Fsp3) is 0.875. The Hall–Kier alpha value is -1.46. The van der Waals surface area contributed by atoms with E-state index in [1.54, 1.807) is 41.5 Å². The molecule has 6 nitrogen and oxygen atoms in total. The molecule has 2 amide bonds. The van der Waals surface area contributed by atoms with Gasteiger partial charge in [0.05, 0.1) is 12.1 Å². The van der Waals surface area contributed by atoms with E-state index in [1.165, 1.54) is 0 Å². The van der Waals surface area contributed by atoms with E-state index in [2.05, 4.69) is 10.6 Å². The molecule has 4 atom stereocenters. The van der Waals surface area contributed by atoms with Crippen molar-refractivity contribution in [3.63, 3.8) is 0 Å². The van der Waals surface area contributed by atoms with Gasteiger partial charge in [0.25, 0.3) is 0 Å². The van der Waals surface area contributed by atoms with E-state index in [4.69, 9.17) is 12.2 Å². The van der Waals surface area contributed by atoms with E-state index in [0.717, 1.165) is 0 Å². The Labute approximate surface area is 136 Å². The number of hydrogen-bond donors (Lipinski definition) is 2. The smallest absolute Gasteiger partial charge is 0.407 e. The fourth-order valence-electron chi connectivity index (χ4n) is 2.05. The van der Waals surface area contributed by atoms with E-state index >= 15 is 0 Å². The van der Waals surface area contributed by atoms with Crippen molar-refractivity contribution in [2.24, 2.45) is 0 Å². The zero-order valence-corrected chi connectivity index (χ0v) is 14.4. The van der Waals surface area contributed by atoms with E-state index in [-0.39, 0.29) is 12.8 Å². The highest BCUT2D eigenvalue weighted by Gasteiger charge is 2.30. The number of hydrogen-bond acceptors (Lipinski definition) is 4. The lowest BCUT2D eigenvalue weighted by molar-refractivity contribution is 0.0407. The van der Waals surface area contributed by atoms with Crippen LogP contribution in [0.1, 0.15) is 69.9 Å². The number of carbonyl (C=O) groups is 2. The van der Waals surface area contributed by atoms with Gasteiger partial charge >= 0.3 is 12.2 Å². The highest BCUT2D eigenvalue weighted by molar-refractivity contribution is 5.70. The average molecular weight is 318 g/mol. The highest BCUT2D eigenvalue weighted by atomic mass is 16.6. The molecule has 128 valence electrons. The molecular formula is C16H30N2O4. The quantitative estimate of drug-likeness (QED) is 0.818. The lowest BCUT2D eigenvalue weighted by Crippen LogP contribution is -2.54. The van der Waals surface area contributed by atoms with Crippen LogP contribution in [-0.4, -0.2) is 35.5 Å². The van der Waals surface area contributed by atoms with Gasteiger partial charge in [-0.2, -0.15) is 0 Å². The molecule has 0 heterocycles. The Morgan fingerprint density at radius 2 is 1.18 bits per heavy atom. The van der Waals surface area contributed by atoms with Gasteiger partial charge in [-0.05, 0) is 54.4 Å². The van der Waals surface area contributed by atoms with Crippen molar-refractivity contribution in [2.75, 3.05) is 0 Å². The van der Waals surface area contributed by atoms with Crippen LogP contribution < -0.4 is 10.6 Å². The van der Waals surface area contributed by atoms with Crippen LogP contribution in [0.4, 0.5) is 9.59 Å². The predicted octanol–water partition coefficient (Wildman–Crippen LogP) is 3.35. The number of amides is 2. The maximum Gasteiger partial charge on any atom is 0.407 e. The molecule has 2 N–H and O–H groups in total. The maximum absolute atomic E-state index is 12.0. The molecule has 6 heteroatoms. The van der Waals surface area contributed by atoms with Crippen LogP contribution in [0.25, 0.3) is 0 Å². The van der Waals surface area contributed by atoms with Gasteiger partial charge in [0.1, 0.15) is 11.2 Å². The molecule has 2 unspecified atom stereocenters. The van der Waals surface area contributed by atoms with Crippen molar-refractivity contribution in [3.05, 3.63) is 0 Å². The summed E-state index contributed by atoms with van der Waals surface area (Å²) < 4.78 is 26.3. The SMILES string of the molecule is [3H]C1C[C@@H](NC(=O)OC(C)(C)C)[C@H](NC(=O)OC(C)(C)C)CC1[3H]. The molecule has 0 bridgehead atoms. The summed E-state index contributed by atoms with van der Waals surface area (Å²) in [6.45, 7) is 10.6. The Kier molecular flexibility index (Phi) is 5.05. The number of nitrogens with one attached hydrogen (secondary N) is 2. The van der Waals surface area contributed by atoms with E-state index in [0.29, 0.717) is 0 Å². The first-order valence-corrected chi connectivity index (χ1v) is 7.60. The molecule has 1 aliphatic rings. The van der Waals surface area contributed by atoms with E-state index in [1.807, 2.05) is 0 Å². The minimum Gasteiger partial charge on any atom is -0.444 e. The molecule has 1 fully saturated rings. The van der Waals surface area contributed by atoms with Crippen LogP contribution in [-0.2, 0) is 9.47 Å². The van der Waals surface area contributed by atoms with E-state index < -0.39 is 48.3 Å². The van der Waals surface area contributed by atoms with Crippen molar-refractivity contribution >= 4 is 12.2 Å². The van der Waals surface area contributed by atoms with Gasteiger partial charge in [-0.1, -0.05) is 12.8 Å². The molecule has 1 aliphatic carbocycles. The summed E-state index contributed by atoms with van der Waals surface area (Å²) in [5, 5.41) is 5.42. The summed E-state index contributed by atoms with van der Waals surface area (Å²) in [6, 6.07) is -0.951. The summed E-state index contributed by atoms with van der Waals surface area (Å²) in [7, 11) is 0.